The first kappa shape index (κ1) is 19.5. The summed E-state index contributed by atoms with van der Waals surface area (Å²) >= 11 is 0. The number of nitrogens with zero attached hydrogens (tertiary/aromatic N) is 3. The van der Waals surface area contributed by atoms with E-state index >= 15 is 0 Å². The maximum atomic E-state index is 13.0. The molecule has 0 aliphatic carbocycles. The molecule has 1 aromatic heterocycles. The molecule has 1 amide bonds. The van der Waals surface area contributed by atoms with E-state index in [-0.39, 0.29) is 5.91 Å². The van der Waals surface area contributed by atoms with Crippen molar-refractivity contribution in [3.63, 3.8) is 0 Å². The molecule has 2 N–H and O–H groups in total. The number of aliphatic imine (C=N–C) groups is 1. The third-order valence-corrected chi connectivity index (χ3v) is 6.04. The third kappa shape index (κ3) is 3.94. The van der Waals surface area contributed by atoms with Crippen LogP contribution in [-0.2, 0) is 13.1 Å². The molecule has 1 unspecified atom stereocenters. The summed E-state index contributed by atoms with van der Waals surface area (Å²) in [7, 11) is 0. The van der Waals surface area contributed by atoms with Crippen molar-refractivity contribution < 1.29 is 4.79 Å². The van der Waals surface area contributed by atoms with E-state index < -0.39 is 5.54 Å². The number of benzene rings is 2. The summed E-state index contributed by atoms with van der Waals surface area (Å²) in [6, 6.07) is 24.0. The van der Waals surface area contributed by atoms with E-state index in [0.29, 0.717) is 25.3 Å². The normalized spacial score (nSPS) is 21.5. The van der Waals surface area contributed by atoms with Gasteiger partial charge >= 0.3 is 0 Å². The van der Waals surface area contributed by atoms with E-state index in [1.165, 1.54) is 5.56 Å². The van der Waals surface area contributed by atoms with Crippen LogP contribution in [0, 0.1) is 0 Å². The minimum absolute atomic E-state index is 0.0385. The molecule has 3 aromatic rings. The number of hydrogen-bond donors (Lipinski definition) is 2. The second kappa shape index (κ2) is 8.32. The SMILES string of the molecule is O=C(c1ccccn1)N1CCC2(C1)NCc1ccccc1NC2=NCc1ccccc1. The van der Waals surface area contributed by atoms with Crippen LogP contribution in [0.25, 0.3) is 0 Å². The molecule has 156 valence electrons. The highest BCUT2D eigenvalue weighted by atomic mass is 16.2. The Morgan fingerprint density at radius 3 is 2.68 bits per heavy atom. The molecule has 2 aliphatic rings. The van der Waals surface area contributed by atoms with Crippen molar-refractivity contribution >= 4 is 17.4 Å². The molecule has 3 heterocycles. The Morgan fingerprint density at radius 1 is 1.03 bits per heavy atom. The smallest absolute Gasteiger partial charge is 0.272 e. The number of rotatable bonds is 3. The van der Waals surface area contributed by atoms with Gasteiger partial charge < -0.3 is 10.2 Å². The third-order valence-electron chi connectivity index (χ3n) is 6.04. The lowest BCUT2D eigenvalue weighted by molar-refractivity contribution is 0.0780. The molecule has 6 nitrogen and oxygen atoms in total. The molecule has 31 heavy (non-hydrogen) atoms. The van der Waals surface area contributed by atoms with Crippen molar-refractivity contribution in [1.29, 1.82) is 0 Å². The fourth-order valence-electron chi connectivity index (χ4n) is 4.31. The summed E-state index contributed by atoms with van der Waals surface area (Å²) in [6.45, 7) is 2.52. The van der Waals surface area contributed by atoms with Crippen LogP contribution in [-0.4, -0.2) is 40.3 Å². The zero-order valence-corrected chi connectivity index (χ0v) is 17.3. The minimum Gasteiger partial charge on any atom is -0.342 e. The molecule has 1 saturated heterocycles. The molecule has 1 atom stereocenters. The van der Waals surface area contributed by atoms with Gasteiger partial charge in [0, 0.05) is 31.5 Å². The Morgan fingerprint density at radius 2 is 1.84 bits per heavy atom. The van der Waals surface area contributed by atoms with Gasteiger partial charge in [0.25, 0.3) is 5.91 Å². The first-order chi connectivity index (χ1) is 15.2. The Kier molecular flexibility index (Phi) is 5.22. The van der Waals surface area contributed by atoms with E-state index in [2.05, 4.69) is 39.9 Å². The molecule has 0 saturated carbocycles. The van der Waals surface area contributed by atoms with E-state index in [1.54, 1.807) is 12.3 Å². The summed E-state index contributed by atoms with van der Waals surface area (Å²) in [4.78, 5) is 24.2. The number of hydrogen-bond acceptors (Lipinski definition) is 4. The van der Waals surface area contributed by atoms with Gasteiger partial charge in [-0.1, -0.05) is 54.6 Å². The summed E-state index contributed by atoms with van der Waals surface area (Å²) in [5.74, 6) is 0.848. The average molecular weight is 412 g/mol. The summed E-state index contributed by atoms with van der Waals surface area (Å²) in [5, 5.41) is 7.32. The monoisotopic (exact) mass is 411 g/mol. The largest absolute Gasteiger partial charge is 0.342 e. The number of pyridine rings is 1. The van der Waals surface area contributed by atoms with Crippen molar-refractivity contribution in [1.82, 2.24) is 15.2 Å². The molecule has 1 fully saturated rings. The van der Waals surface area contributed by atoms with Crippen molar-refractivity contribution in [2.75, 3.05) is 18.4 Å². The van der Waals surface area contributed by atoms with Crippen LogP contribution in [0.3, 0.4) is 0 Å². The van der Waals surface area contributed by atoms with Gasteiger partial charge in [-0.2, -0.15) is 0 Å². The Balaban J connectivity index is 1.45. The van der Waals surface area contributed by atoms with Gasteiger partial charge in [-0.05, 0) is 35.7 Å². The molecular weight excluding hydrogens is 386 g/mol. The van der Waals surface area contributed by atoms with E-state index in [9.17, 15) is 4.79 Å². The van der Waals surface area contributed by atoms with Gasteiger partial charge in [-0.3, -0.25) is 20.1 Å². The quantitative estimate of drug-likeness (QED) is 0.692. The lowest BCUT2D eigenvalue weighted by Gasteiger charge is -2.30. The molecule has 1 spiro atoms. The van der Waals surface area contributed by atoms with Gasteiger partial charge in [0.05, 0.1) is 12.1 Å². The zero-order chi connectivity index (χ0) is 21.1. The number of amidine groups is 1. The number of para-hydroxylation sites is 1. The van der Waals surface area contributed by atoms with Gasteiger partial charge in [0.1, 0.15) is 11.5 Å². The standard InChI is InChI=1S/C25H25N5O/c31-23(22-12-6-7-14-26-22)30-15-13-25(18-30)24(27-16-19-8-2-1-3-9-19)29-21-11-5-4-10-20(21)17-28-25/h1-12,14,28H,13,15-18H2,(H,27,29). The van der Waals surface area contributed by atoms with Crippen LogP contribution in [0.1, 0.15) is 28.0 Å². The second-order valence-corrected chi connectivity index (χ2v) is 8.06. The zero-order valence-electron chi connectivity index (χ0n) is 17.3. The Hall–Kier alpha value is -3.51. The number of anilines is 1. The van der Waals surface area contributed by atoms with Gasteiger partial charge in [0.2, 0.25) is 0 Å². The summed E-state index contributed by atoms with van der Waals surface area (Å²) < 4.78 is 0. The number of aromatic nitrogens is 1. The molecule has 5 rings (SSSR count). The summed E-state index contributed by atoms with van der Waals surface area (Å²) in [5.41, 5.74) is 3.48. The van der Waals surface area contributed by atoms with Crippen LogP contribution in [0.15, 0.2) is 84.0 Å². The van der Waals surface area contributed by atoms with Crippen molar-refractivity contribution in [3.05, 3.63) is 95.8 Å². The van der Waals surface area contributed by atoms with E-state index in [4.69, 9.17) is 4.99 Å². The van der Waals surface area contributed by atoms with Gasteiger partial charge in [-0.25, -0.2) is 0 Å². The highest BCUT2D eigenvalue weighted by Crippen LogP contribution is 2.30. The average Bonchev–Trinajstić information content (AvgIpc) is 3.20. The molecular formula is C25H25N5O. The lowest BCUT2D eigenvalue weighted by atomic mass is 9.96. The number of nitrogens with one attached hydrogen (secondary N) is 2. The molecule has 0 bridgehead atoms. The number of carbonyl (C=O) groups excluding carboxylic acids is 1. The van der Waals surface area contributed by atoms with Crippen LogP contribution in [0.5, 0.6) is 0 Å². The Bertz CT molecular complexity index is 1100. The van der Waals surface area contributed by atoms with Gasteiger partial charge in [-0.15, -0.1) is 0 Å². The summed E-state index contributed by atoms with van der Waals surface area (Å²) in [6.07, 6.45) is 2.45. The van der Waals surface area contributed by atoms with Crippen molar-refractivity contribution in [2.45, 2.75) is 25.0 Å². The van der Waals surface area contributed by atoms with Crippen molar-refractivity contribution in [2.24, 2.45) is 4.99 Å². The van der Waals surface area contributed by atoms with Crippen LogP contribution in [0.4, 0.5) is 5.69 Å². The van der Waals surface area contributed by atoms with Crippen LogP contribution >= 0.6 is 0 Å². The Labute approximate surface area is 182 Å². The maximum Gasteiger partial charge on any atom is 0.272 e. The number of carbonyl (C=O) groups is 1. The highest BCUT2D eigenvalue weighted by molar-refractivity contribution is 6.05. The minimum atomic E-state index is -0.418. The predicted octanol–water partition coefficient (Wildman–Crippen LogP) is 3.48. The van der Waals surface area contributed by atoms with E-state index in [0.717, 1.165) is 30.1 Å². The maximum absolute atomic E-state index is 13.0. The first-order valence-electron chi connectivity index (χ1n) is 10.6. The lowest BCUT2D eigenvalue weighted by Crippen LogP contribution is -2.55. The van der Waals surface area contributed by atoms with Crippen molar-refractivity contribution in [3.8, 4) is 0 Å². The number of amides is 1. The van der Waals surface area contributed by atoms with Gasteiger partial charge in [0.15, 0.2) is 0 Å². The van der Waals surface area contributed by atoms with Crippen LogP contribution < -0.4 is 10.6 Å². The fraction of sp³-hybridized carbons (Fsp3) is 0.240. The molecule has 2 aliphatic heterocycles. The predicted molar refractivity (Wildman–Crippen MR) is 122 cm³/mol. The molecule has 2 aromatic carbocycles. The fourth-order valence-corrected chi connectivity index (χ4v) is 4.31. The highest BCUT2D eigenvalue weighted by Gasteiger charge is 2.45. The van der Waals surface area contributed by atoms with Crippen LogP contribution in [0.2, 0.25) is 0 Å². The molecule has 6 heteroatoms. The number of likely N-dealkylation sites (tertiary alicyclic amines) is 1. The molecule has 0 radical (unpaired) electrons. The topological polar surface area (TPSA) is 69.6 Å². The first-order valence-corrected chi connectivity index (χ1v) is 10.6. The number of fused-ring (bicyclic) bond motifs is 1. The second-order valence-electron chi connectivity index (χ2n) is 8.06. The van der Waals surface area contributed by atoms with E-state index in [1.807, 2.05) is 47.4 Å².